The van der Waals surface area contributed by atoms with Gasteiger partial charge >= 0.3 is 0 Å². The molecule has 2 aliphatic heterocycles. The number of benzene rings is 7. The van der Waals surface area contributed by atoms with Crippen LogP contribution in [0.2, 0.25) is 0 Å². The molecule has 5 heterocycles. The zero-order valence-electron chi connectivity index (χ0n) is 33.8. The van der Waals surface area contributed by atoms with Gasteiger partial charge in [-0.25, -0.2) is 19.9 Å². The lowest BCUT2D eigenvalue weighted by Gasteiger charge is -2.30. The number of hydrogen-bond acceptors (Lipinski definition) is 7. The minimum atomic E-state index is 0.00863. The van der Waals surface area contributed by atoms with Crippen LogP contribution in [0.15, 0.2) is 210 Å². The van der Waals surface area contributed by atoms with Crippen molar-refractivity contribution in [2.24, 2.45) is 4.99 Å². The molecule has 8 heteroatoms. The van der Waals surface area contributed by atoms with Crippen molar-refractivity contribution in [2.75, 3.05) is 0 Å². The standard InChI is InChI=1S/C55H36N6S2/c1-4-16-33(17-5-1)48-51-49(39-23-11-13-29-45(39)63-51)57-55(56-48)41-26-14-24-37-42-32-35(30-31-46(42)62-50(37)41)53-58-52(34-18-6-2-7-19-34)59-54(60-53)40-25-15-28-44-47(40)38-22-10-12-27-43(38)61(44)36-20-8-3-9-21-36/h1-32,37,48,50H,(H,56,57). The average Bonchev–Trinajstić information content (AvgIpc) is 4.04. The van der Waals surface area contributed by atoms with Gasteiger partial charge in [-0.1, -0.05) is 152 Å². The summed E-state index contributed by atoms with van der Waals surface area (Å²) in [5.41, 5.74) is 11.0. The second kappa shape index (κ2) is 14.6. The van der Waals surface area contributed by atoms with E-state index in [0.717, 1.165) is 55.7 Å². The topological polar surface area (TPSA) is 68.0 Å². The summed E-state index contributed by atoms with van der Waals surface area (Å²) >= 11 is 3.75. The van der Waals surface area contributed by atoms with E-state index in [4.69, 9.17) is 19.9 Å². The van der Waals surface area contributed by atoms with Crippen LogP contribution < -0.4 is 5.32 Å². The van der Waals surface area contributed by atoms with Gasteiger partial charge in [0.15, 0.2) is 17.5 Å². The first-order chi connectivity index (χ1) is 31.2. The molecule has 3 aliphatic rings. The zero-order valence-corrected chi connectivity index (χ0v) is 35.4. The Labute approximate surface area is 372 Å². The summed E-state index contributed by atoms with van der Waals surface area (Å²) in [6, 6.07) is 62.0. The second-order valence-electron chi connectivity index (χ2n) is 16.1. The summed E-state index contributed by atoms with van der Waals surface area (Å²) in [4.78, 5) is 23.7. The number of aromatic nitrogens is 4. The van der Waals surface area contributed by atoms with Gasteiger partial charge in [-0.15, -0.1) is 23.1 Å². The summed E-state index contributed by atoms with van der Waals surface area (Å²) in [6.45, 7) is 0. The molecule has 298 valence electrons. The fraction of sp³-hybridized carbons (Fsp3) is 0.0545. The number of thioether (sulfide) groups is 1. The summed E-state index contributed by atoms with van der Waals surface area (Å²) in [5, 5.41) is 7.56. The van der Waals surface area contributed by atoms with Crippen LogP contribution in [0.25, 0.3) is 71.7 Å². The van der Waals surface area contributed by atoms with Gasteiger partial charge in [0.2, 0.25) is 0 Å². The normalized spacial score (nSPS) is 17.6. The molecule has 10 aromatic rings. The number of fused-ring (bicyclic) bond motifs is 9. The maximum Gasteiger partial charge on any atom is 0.164 e. The van der Waals surface area contributed by atoms with Crippen molar-refractivity contribution in [1.29, 1.82) is 0 Å². The maximum absolute atomic E-state index is 5.43. The number of rotatable bonds is 6. The molecule has 1 aliphatic carbocycles. The summed E-state index contributed by atoms with van der Waals surface area (Å²) in [6.07, 6.45) is 6.81. The van der Waals surface area contributed by atoms with E-state index in [1.165, 1.54) is 36.6 Å². The molecule has 0 saturated carbocycles. The number of hydrogen-bond donors (Lipinski definition) is 1. The largest absolute Gasteiger partial charge is 0.358 e. The van der Waals surface area contributed by atoms with E-state index in [2.05, 4.69) is 186 Å². The quantitative estimate of drug-likeness (QED) is 0.181. The molecule has 3 aromatic heterocycles. The Morgan fingerprint density at radius 1 is 0.587 bits per heavy atom. The fourth-order valence-corrected chi connectivity index (χ4v) is 12.3. The molecule has 0 fully saturated rings. The first kappa shape index (κ1) is 36.3. The zero-order chi connectivity index (χ0) is 41.4. The Morgan fingerprint density at radius 2 is 1.29 bits per heavy atom. The summed E-state index contributed by atoms with van der Waals surface area (Å²) < 4.78 is 3.59. The van der Waals surface area contributed by atoms with Crippen LogP contribution in [0.3, 0.4) is 0 Å². The lowest BCUT2D eigenvalue weighted by molar-refractivity contribution is 0.754. The Kier molecular flexibility index (Phi) is 8.42. The third-order valence-electron chi connectivity index (χ3n) is 12.5. The fourth-order valence-electron chi connectivity index (χ4n) is 9.62. The first-order valence-electron chi connectivity index (χ1n) is 21.2. The van der Waals surface area contributed by atoms with Gasteiger partial charge in [-0.3, -0.25) is 0 Å². The number of para-hydroxylation sites is 2. The number of allylic oxidation sites excluding steroid dienone is 3. The molecule has 3 atom stereocenters. The Balaban J connectivity index is 0.914. The number of nitrogens with one attached hydrogen (secondary N) is 1. The Hall–Kier alpha value is -7.39. The first-order valence-corrected chi connectivity index (χ1v) is 22.9. The van der Waals surface area contributed by atoms with E-state index in [1.807, 2.05) is 41.3 Å². The molecule has 7 aromatic carbocycles. The number of nitrogens with zero attached hydrogens (tertiary/aromatic N) is 5. The number of amidine groups is 1. The molecule has 63 heavy (non-hydrogen) atoms. The molecule has 0 bridgehead atoms. The number of thiophene rings is 1. The summed E-state index contributed by atoms with van der Waals surface area (Å²) in [5.74, 6) is 3.03. The highest BCUT2D eigenvalue weighted by atomic mass is 32.2. The lowest BCUT2D eigenvalue weighted by atomic mass is 9.86. The maximum atomic E-state index is 5.43. The summed E-state index contributed by atoms with van der Waals surface area (Å²) in [7, 11) is 0. The smallest absolute Gasteiger partial charge is 0.164 e. The highest BCUT2D eigenvalue weighted by Gasteiger charge is 2.39. The van der Waals surface area contributed by atoms with Crippen LogP contribution in [-0.2, 0) is 0 Å². The molecule has 0 saturated heterocycles. The van der Waals surface area contributed by atoms with Crippen LogP contribution in [0, 0.1) is 0 Å². The third-order valence-corrected chi connectivity index (χ3v) is 15.1. The lowest BCUT2D eigenvalue weighted by Crippen LogP contribution is -2.36. The van der Waals surface area contributed by atoms with Gasteiger partial charge in [0, 0.05) is 64.9 Å². The molecule has 13 rings (SSSR count). The highest BCUT2D eigenvalue weighted by molar-refractivity contribution is 8.00. The van der Waals surface area contributed by atoms with Crippen LogP contribution >= 0.6 is 23.1 Å². The SMILES string of the molecule is C1=CC2c3cc(-c4nc(-c5ccccc5)nc(-c5cccc6c5c5ccccc5n6-c5ccccc5)n4)ccc3SC2C(C2=Nc3c(sc4ccccc34)C(c3ccccc3)N2)=C1. The highest BCUT2D eigenvalue weighted by Crippen LogP contribution is 2.53. The average molecular weight is 845 g/mol. The molecule has 3 unspecified atom stereocenters. The van der Waals surface area contributed by atoms with Crippen molar-refractivity contribution in [3.05, 3.63) is 216 Å². The van der Waals surface area contributed by atoms with Gasteiger partial charge in [0.25, 0.3) is 0 Å². The molecule has 0 spiro atoms. The second-order valence-corrected chi connectivity index (χ2v) is 18.4. The van der Waals surface area contributed by atoms with Gasteiger partial charge in [0.05, 0.1) is 27.6 Å². The van der Waals surface area contributed by atoms with Crippen LogP contribution in [0.4, 0.5) is 5.69 Å². The minimum Gasteiger partial charge on any atom is -0.358 e. The van der Waals surface area contributed by atoms with E-state index in [-0.39, 0.29) is 17.2 Å². The van der Waals surface area contributed by atoms with E-state index >= 15 is 0 Å². The number of aliphatic imine (C=N–C) groups is 1. The van der Waals surface area contributed by atoms with E-state index in [9.17, 15) is 0 Å². The van der Waals surface area contributed by atoms with Crippen LogP contribution in [-0.4, -0.2) is 30.6 Å². The van der Waals surface area contributed by atoms with Gasteiger partial charge < -0.3 is 9.88 Å². The van der Waals surface area contributed by atoms with E-state index in [0.29, 0.717) is 17.5 Å². The van der Waals surface area contributed by atoms with Crippen molar-refractivity contribution < 1.29 is 0 Å². The molecule has 0 amide bonds. The predicted octanol–water partition coefficient (Wildman–Crippen LogP) is 13.7. The van der Waals surface area contributed by atoms with Crippen molar-refractivity contribution >= 4 is 66.5 Å². The van der Waals surface area contributed by atoms with Crippen molar-refractivity contribution in [3.63, 3.8) is 0 Å². The molecule has 1 N–H and O–H groups in total. The van der Waals surface area contributed by atoms with Crippen LogP contribution in [0.5, 0.6) is 0 Å². The van der Waals surface area contributed by atoms with Gasteiger partial charge in [0.1, 0.15) is 5.84 Å². The monoisotopic (exact) mass is 844 g/mol. The minimum absolute atomic E-state index is 0.00863. The molecular weight excluding hydrogens is 809 g/mol. The van der Waals surface area contributed by atoms with Crippen LogP contribution in [0.1, 0.15) is 28.0 Å². The van der Waals surface area contributed by atoms with Gasteiger partial charge in [-0.2, -0.15) is 0 Å². The van der Waals surface area contributed by atoms with E-state index in [1.54, 1.807) is 0 Å². The third kappa shape index (κ3) is 5.93. The molecular formula is C55H36N6S2. The molecule has 0 radical (unpaired) electrons. The Morgan fingerprint density at radius 3 is 2.13 bits per heavy atom. The van der Waals surface area contributed by atoms with Crippen molar-refractivity contribution in [3.8, 4) is 39.9 Å². The van der Waals surface area contributed by atoms with Crippen molar-refractivity contribution in [1.82, 2.24) is 24.8 Å². The predicted molar refractivity (Wildman–Crippen MR) is 260 cm³/mol. The van der Waals surface area contributed by atoms with Gasteiger partial charge in [-0.05, 0) is 53.6 Å². The van der Waals surface area contributed by atoms with E-state index < -0.39 is 0 Å². The molecule has 6 nitrogen and oxygen atoms in total. The van der Waals surface area contributed by atoms with Crippen molar-refractivity contribution in [2.45, 2.75) is 22.1 Å². The Bertz CT molecular complexity index is 3530.